The lowest BCUT2D eigenvalue weighted by atomic mass is 9.60. The number of aliphatic hydroxyl groups excluding tert-OH is 2. The summed E-state index contributed by atoms with van der Waals surface area (Å²) < 4.78 is 15.1. The summed E-state index contributed by atoms with van der Waals surface area (Å²) in [5, 5.41) is 48.5. The van der Waals surface area contributed by atoms with Gasteiger partial charge in [-0.25, -0.2) is 4.39 Å². The van der Waals surface area contributed by atoms with Crippen molar-refractivity contribution in [3.63, 3.8) is 0 Å². The number of carbonyl (C=O) groups is 4. The molecule has 1 unspecified atom stereocenters. The molecule has 0 aromatic heterocycles. The van der Waals surface area contributed by atoms with E-state index in [2.05, 4.69) is 10.6 Å². The first-order valence-corrected chi connectivity index (χ1v) is 11.8. The maximum Gasteiger partial charge on any atom is 0.255 e. The minimum absolute atomic E-state index is 0.108. The number of allylic oxidation sites excluding steroid dienone is 2. The van der Waals surface area contributed by atoms with Gasteiger partial charge in [-0.1, -0.05) is 13.8 Å². The van der Waals surface area contributed by atoms with E-state index in [1.165, 1.54) is 0 Å². The minimum Gasteiger partial charge on any atom is -0.511 e. The monoisotopic (exact) mass is 517 g/mol. The van der Waals surface area contributed by atoms with E-state index in [-0.39, 0.29) is 43.0 Å². The number of anilines is 1. The third-order valence-corrected chi connectivity index (χ3v) is 7.12. The van der Waals surface area contributed by atoms with Gasteiger partial charge in [-0.15, -0.1) is 0 Å². The topological polar surface area (TPSA) is 199 Å². The molecule has 12 heteroatoms. The Labute approximate surface area is 210 Å². The van der Waals surface area contributed by atoms with Crippen molar-refractivity contribution in [3.05, 3.63) is 45.7 Å². The highest BCUT2D eigenvalue weighted by Gasteiger charge is 2.59. The highest BCUT2D eigenvalue weighted by atomic mass is 19.1. The van der Waals surface area contributed by atoms with E-state index in [1.54, 1.807) is 0 Å². The van der Waals surface area contributed by atoms with Crippen molar-refractivity contribution < 1.29 is 44.0 Å². The molecule has 0 spiro atoms. The van der Waals surface area contributed by atoms with E-state index in [1.807, 2.05) is 13.8 Å². The maximum absolute atomic E-state index is 15.1. The fourth-order valence-corrected chi connectivity index (χ4v) is 5.41. The maximum atomic E-state index is 15.1. The summed E-state index contributed by atoms with van der Waals surface area (Å²) in [5.41, 5.74) is 0.148. The predicted octanol–water partition coefficient (Wildman–Crippen LogP) is 0.904. The molecule has 37 heavy (non-hydrogen) atoms. The van der Waals surface area contributed by atoms with Crippen LogP contribution in [-0.4, -0.2) is 62.5 Å². The summed E-state index contributed by atoms with van der Waals surface area (Å²) in [6.45, 7) is 4.30. The third-order valence-electron chi connectivity index (χ3n) is 7.12. The van der Waals surface area contributed by atoms with E-state index < -0.39 is 80.6 Å². The van der Waals surface area contributed by atoms with Gasteiger partial charge in [0.05, 0.1) is 17.8 Å². The lowest BCUT2D eigenvalue weighted by molar-refractivity contribution is -0.144. The molecule has 11 nitrogen and oxygen atoms in total. The molecule has 4 rings (SSSR count). The van der Waals surface area contributed by atoms with Crippen LogP contribution in [0.5, 0.6) is 5.75 Å². The Balaban J connectivity index is 1.74. The number of carbonyl (C=O) groups excluding carboxylic acids is 4. The van der Waals surface area contributed by atoms with Crippen LogP contribution in [0.25, 0.3) is 0 Å². The minimum atomic E-state index is -2.71. The molecule has 3 atom stereocenters. The van der Waals surface area contributed by atoms with E-state index in [9.17, 15) is 39.6 Å². The second-order valence-corrected chi connectivity index (χ2v) is 10.1. The highest BCUT2D eigenvalue weighted by Crippen LogP contribution is 2.52. The normalized spacial score (nSPS) is 25.1. The van der Waals surface area contributed by atoms with Gasteiger partial charge in [0, 0.05) is 29.5 Å². The molecule has 0 fully saturated rings. The number of phenolic OH excluding ortho intramolecular Hbond substituents is 1. The van der Waals surface area contributed by atoms with Gasteiger partial charge < -0.3 is 36.8 Å². The standard InChI is InChI=1S/C25H28FN3O8/c1-9(2)7-28-8-16(31)29-14-6-13(26)12-4-10-3-11-5-15(30)19(24(27)36)23(35)25(11,37)22(34)17(10)21(33)18(12)20(14)32/h6,9-11,28,30,32,34,37H,3-5,7-8H2,1-2H3,(H2,27,36)(H,29,31)/t10?,11-,25-/m0/s1. The molecule has 0 bridgehead atoms. The summed E-state index contributed by atoms with van der Waals surface area (Å²) in [6, 6.07) is 0.896. The van der Waals surface area contributed by atoms with Crippen molar-refractivity contribution >= 4 is 29.1 Å². The first-order valence-electron chi connectivity index (χ1n) is 11.8. The second-order valence-electron chi connectivity index (χ2n) is 10.1. The summed E-state index contributed by atoms with van der Waals surface area (Å²) in [4.78, 5) is 50.4. The van der Waals surface area contributed by atoms with Gasteiger partial charge >= 0.3 is 0 Å². The van der Waals surface area contributed by atoms with Gasteiger partial charge in [0.15, 0.2) is 17.1 Å². The number of ketones is 2. The zero-order valence-corrected chi connectivity index (χ0v) is 20.2. The van der Waals surface area contributed by atoms with E-state index in [0.29, 0.717) is 6.54 Å². The molecule has 3 aliphatic carbocycles. The quantitative estimate of drug-likeness (QED) is 0.212. The Bertz CT molecular complexity index is 1300. The molecule has 0 saturated carbocycles. The van der Waals surface area contributed by atoms with Crippen molar-refractivity contribution in [3.8, 4) is 5.75 Å². The second kappa shape index (κ2) is 9.27. The molecular formula is C25H28FN3O8. The zero-order valence-electron chi connectivity index (χ0n) is 20.2. The van der Waals surface area contributed by atoms with E-state index in [4.69, 9.17) is 5.73 Å². The summed E-state index contributed by atoms with van der Waals surface area (Å²) >= 11 is 0. The average Bonchev–Trinajstić information content (AvgIpc) is 2.79. The lowest BCUT2D eigenvalue weighted by Crippen LogP contribution is -2.57. The van der Waals surface area contributed by atoms with Gasteiger partial charge in [-0.3, -0.25) is 19.2 Å². The van der Waals surface area contributed by atoms with Crippen molar-refractivity contribution in [2.45, 2.75) is 38.7 Å². The molecule has 1 aromatic carbocycles. The number of aliphatic hydroxyl groups is 3. The molecule has 2 amide bonds. The Kier molecular flexibility index (Phi) is 6.59. The van der Waals surface area contributed by atoms with Crippen LogP contribution in [0.1, 0.15) is 42.6 Å². The number of benzene rings is 1. The van der Waals surface area contributed by atoms with Crippen molar-refractivity contribution in [2.75, 3.05) is 18.4 Å². The number of hydrogen-bond donors (Lipinski definition) is 7. The first-order chi connectivity index (χ1) is 17.3. The number of nitrogens with one attached hydrogen (secondary N) is 2. The Morgan fingerprint density at radius 2 is 1.89 bits per heavy atom. The summed E-state index contributed by atoms with van der Waals surface area (Å²) in [7, 11) is 0. The van der Waals surface area contributed by atoms with Crippen molar-refractivity contribution in [1.82, 2.24) is 5.32 Å². The number of aromatic hydroxyl groups is 1. The van der Waals surface area contributed by atoms with Crippen LogP contribution in [0.3, 0.4) is 0 Å². The van der Waals surface area contributed by atoms with E-state index >= 15 is 4.39 Å². The largest absolute Gasteiger partial charge is 0.511 e. The number of phenols is 1. The third kappa shape index (κ3) is 4.15. The Hall–Kier alpha value is -3.77. The van der Waals surface area contributed by atoms with Gasteiger partial charge in [0.2, 0.25) is 11.7 Å². The summed E-state index contributed by atoms with van der Waals surface area (Å²) in [6.07, 6.45) is -0.653. The fraction of sp³-hybridized carbons (Fsp3) is 0.440. The predicted molar refractivity (Wildman–Crippen MR) is 127 cm³/mol. The van der Waals surface area contributed by atoms with E-state index in [0.717, 1.165) is 6.07 Å². The molecule has 8 N–H and O–H groups in total. The number of Topliss-reactive ketones (excluding diaryl/α,β-unsaturated/α-hetero) is 2. The molecule has 3 aliphatic rings. The number of rotatable bonds is 6. The number of hydrogen-bond acceptors (Lipinski definition) is 9. The smallest absolute Gasteiger partial charge is 0.255 e. The number of fused-ring (bicyclic) bond motifs is 3. The summed E-state index contributed by atoms with van der Waals surface area (Å²) in [5.74, 6) is -9.24. The van der Waals surface area contributed by atoms with Crippen molar-refractivity contribution in [1.29, 1.82) is 0 Å². The molecular weight excluding hydrogens is 489 g/mol. The SMILES string of the molecule is CC(C)CNCC(=O)Nc1cc(F)c2c(c1O)C(=O)C1=C(O)[C@]3(O)C(=O)C(C(N)=O)=C(O)C[C@@H]3CC1C2. The van der Waals surface area contributed by atoms with Gasteiger partial charge in [-0.2, -0.15) is 0 Å². The Morgan fingerprint density at radius 1 is 1.22 bits per heavy atom. The average molecular weight is 518 g/mol. The number of primary amides is 1. The first kappa shape index (κ1) is 26.3. The molecule has 0 radical (unpaired) electrons. The highest BCUT2D eigenvalue weighted by molar-refractivity contribution is 6.24. The van der Waals surface area contributed by atoms with Crippen LogP contribution in [0.2, 0.25) is 0 Å². The molecule has 0 heterocycles. The molecule has 1 aromatic rings. The van der Waals surface area contributed by atoms with Crippen LogP contribution < -0.4 is 16.4 Å². The number of halogens is 1. The Morgan fingerprint density at radius 3 is 2.51 bits per heavy atom. The van der Waals surface area contributed by atoms with Gasteiger partial charge in [0.25, 0.3) is 5.91 Å². The zero-order chi connectivity index (χ0) is 27.4. The number of nitrogens with two attached hydrogens (primary N) is 1. The fourth-order valence-electron chi connectivity index (χ4n) is 5.41. The van der Waals surface area contributed by atoms with Crippen LogP contribution >= 0.6 is 0 Å². The van der Waals surface area contributed by atoms with Crippen LogP contribution in [0.4, 0.5) is 10.1 Å². The molecule has 0 saturated heterocycles. The number of amides is 2. The van der Waals surface area contributed by atoms with Crippen LogP contribution in [0, 0.1) is 23.6 Å². The van der Waals surface area contributed by atoms with Crippen LogP contribution in [-0.2, 0) is 20.8 Å². The molecule has 0 aliphatic heterocycles. The van der Waals surface area contributed by atoms with Gasteiger partial charge in [-0.05, 0) is 31.2 Å². The lowest BCUT2D eigenvalue weighted by Gasteiger charge is -2.45. The van der Waals surface area contributed by atoms with Crippen LogP contribution in [0.15, 0.2) is 28.7 Å². The van der Waals surface area contributed by atoms with Gasteiger partial charge in [0.1, 0.15) is 22.9 Å². The van der Waals surface area contributed by atoms with Crippen molar-refractivity contribution in [2.24, 2.45) is 23.5 Å². The molecule has 198 valence electrons.